The van der Waals surface area contributed by atoms with Gasteiger partial charge in [-0.25, -0.2) is 0 Å². The van der Waals surface area contributed by atoms with E-state index >= 15 is 0 Å². The second-order valence-electron chi connectivity index (χ2n) is 6.27. The third-order valence-corrected chi connectivity index (χ3v) is 12.5. The molecular formula is C21H22O2Si2. The fourth-order valence-electron chi connectivity index (χ4n) is 4.12. The first-order chi connectivity index (χ1) is 12.1. The molecule has 2 aromatic carbocycles. The van der Waals surface area contributed by atoms with E-state index < -0.39 is 0 Å². The van der Waals surface area contributed by atoms with Crippen LogP contribution in [-0.4, -0.2) is 33.3 Å². The van der Waals surface area contributed by atoms with E-state index in [1.165, 1.54) is 22.3 Å². The molecule has 25 heavy (non-hydrogen) atoms. The molecule has 0 unspecified atom stereocenters. The number of fused-ring (bicyclic) bond motifs is 3. The van der Waals surface area contributed by atoms with Crippen molar-refractivity contribution in [1.29, 1.82) is 0 Å². The van der Waals surface area contributed by atoms with Crippen molar-refractivity contribution in [3.05, 3.63) is 46.5 Å². The van der Waals surface area contributed by atoms with Gasteiger partial charge < -0.3 is 9.47 Å². The molecule has 1 aliphatic rings. The molecule has 0 radical (unpaired) electrons. The lowest BCUT2D eigenvalue weighted by Gasteiger charge is -2.29. The maximum absolute atomic E-state index is 5.73. The van der Waals surface area contributed by atoms with Crippen LogP contribution in [0.4, 0.5) is 0 Å². The van der Waals surface area contributed by atoms with Crippen molar-refractivity contribution in [2.45, 2.75) is 17.8 Å². The summed E-state index contributed by atoms with van der Waals surface area (Å²) in [4.78, 5) is 0. The number of ether oxygens (including phenoxy) is 2. The summed E-state index contributed by atoms with van der Waals surface area (Å²) in [6, 6.07) is 8.52. The zero-order valence-electron chi connectivity index (χ0n) is 15.2. The second kappa shape index (κ2) is 6.48. The summed E-state index contributed by atoms with van der Waals surface area (Å²) in [6.45, 7) is 4.77. The molecule has 0 fully saturated rings. The summed E-state index contributed by atoms with van der Waals surface area (Å²) < 4.78 is 11.2. The lowest BCUT2D eigenvalue weighted by Crippen LogP contribution is -2.36. The number of rotatable bonds is 4. The van der Waals surface area contributed by atoms with Crippen LogP contribution in [0.2, 0.25) is 13.1 Å². The van der Waals surface area contributed by atoms with Crippen LogP contribution in [0.1, 0.15) is 22.3 Å². The first-order valence-corrected chi connectivity index (χ1v) is 12.7. The van der Waals surface area contributed by atoms with Gasteiger partial charge in [0.2, 0.25) is 0 Å². The largest absolute Gasteiger partial charge is 0.495 e. The van der Waals surface area contributed by atoms with Crippen molar-refractivity contribution in [3.63, 3.8) is 0 Å². The molecule has 2 nitrogen and oxygen atoms in total. The van der Waals surface area contributed by atoms with E-state index in [2.05, 4.69) is 49.2 Å². The second-order valence-corrected chi connectivity index (χ2v) is 11.1. The van der Waals surface area contributed by atoms with Gasteiger partial charge in [-0.1, -0.05) is 24.9 Å². The SMILES string of the molecule is C#Cc1cc2c(cc1OC)-c1cc(OC)c(C#C)cc1C2([SiH2]C)[SiH2]C. The molecular weight excluding hydrogens is 340 g/mol. The van der Waals surface area contributed by atoms with Gasteiger partial charge in [0.15, 0.2) is 0 Å². The maximum Gasteiger partial charge on any atom is 0.135 e. The molecule has 4 heteroatoms. The van der Waals surface area contributed by atoms with Crippen LogP contribution in [0.3, 0.4) is 0 Å². The quantitative estimate of drug-likeness (QED) is 0.614. The normalized spacial score (nSPS) is 14.3. The summed E-state index contributed by atoms with van der Waals surface area (Å²) in [6.07, 6.45) is 11.5. The monoisotopic (exact) mass is 362 g/mol. The van der Waals surface area contributed by atoms with Gasteiger partial charge >= 0.3 is 0 Å². The molecule has 1 aliphatic carbocycles. The van der Waals surface area contributed by atoms with Crippen molar-refractivity contribution < 1.29 is 9.47 Å². The molecule has 2 aromatic rings. The average molecular weight is 363 g/mol. The number of methoxy groups -OCH3 is 2. The molecule has 0 atom stereocenters. The van der Waals surface area contributed by atoms with E-state index in [1.54, 1.807) is 14.2 Å². The maximum atomic E-state index is 5.73. The minimum atomic E-state index is -0.375. The topological polar surface area (TPSA) is 18.5 Å². The van der Waals surface area contributed by atoms with Crippen LogP contribution in [0.25, 0.3) is 11.1 Å². The first kappa shape index (κ1) is 17.4. The molecule has 0 aliphatic heterocycles. The Morgan fingerprint density at radius 2 is 1.20 bits per heavy atom. The first-order valence-electron chi connectivity index (χ1n) is 8.48. The molecule has 0 saturated heterocycles. The van der Waals surface area contributed by atoms with E-state index in [0.29, 0.717) is 0 Å². The summed E-state index contributed by atoms with van der Waals surface area (Å²) in [7, 11) is 2.58. The predicted octanol–water partition coefficient (Wildman–Crippen LogP) is 2.28. The highest BCUT2D eigenvalue weighted by atomic mass is 28.3. The van der Waals surface area contributed by atoms with Gasteiger partial charge in [0, 0.05) is 19.0 Å². The molecule has 0 aromatic heterocycles. The Hall–Kier alpha value is -2.41. The standard InChI is InChI=1S/C21H22O2Si2/c1-7-13-9-17-15(11-19(13)22-3)16-12-20(23-4)14(8-2)10-18(16)21(17,24-5)25-6/h1-2,9-12H,24-25H2,3-6H3. The van der Waals surface area contributed by atoms with Gasteiger partial charge in [0.05, 0.1) is 25.3 Å². The highest BCUT2D eigenvalue weighted by molar-refractivity contribution is 6.63. The Morgan fingerprint density at radius 1 is 0.800 bits per heavy atom. The van der Waals surface area contributed by atoms with Crippen molar-refractivity contribution in [3.8, 4) is 47.3 Å². The third kappa shape index (κ3) is 2.33. The summed E-state index contributed by atoms with van der Waals surface area (Å²) in [5.74, 6) is 7.06. The molecule has 0 saturated carbocycles. The summed E-state index contributed by atoms with van der Waals surface area (Å²) in [5, 5.41) is 0. The molecule has 126 valence electrons. The van der Waals surface area contributed by atoms with Gasteiger partial charge in [-0.3, -0.25) is 0 Å². The van der Waals surface area contributed by atoms with Crippen LogP contribution in [0.5, 0.6) is 11.5 Å². The van der Waals surface area contributed by atoms with Gasteiger partial charge in [-0.2, -0.15) is 0 Å². The van der Waals surface area contributed by atoms with E-state index in [4.69, 9.17) is 22.3 Å². The predicted molar refractivity (Wildman–Crippen MR) is 110 cm³/mol. The van der Waals surface area contributed by atoms with E-state index in [0.717, 1.165) is 22.6 Å². The molecule has 0 N–H and O–H groups in total. The molecule has 0 bridgehead atoms. The highest BCUT2D eigenvalue weighted by Gasteiger charge is 2.42. The van der Waals surface area contributed by atoms with E-state index in [1.807, 2.05) is 0 Å². The minimum absolute atomic E-state index is 0.181. The van der Waals surface area contributed by atoms with Crippen LogP contribution in [0, 0.1) is 24.7 Å². The Labute approximate surface area is 154 Å². The lowest BCUT2D eigenvalue weighted by molar-refractivity contribution is 0.413. The third-order valence-electron chi connectivity index (χ3n) is 5.52. The Kier molecular flexibility index (Phi) is 4.51. The average Bonchev–Trinajstić information content (AvgIpc) is 2.93. The van der Waals surface area contributed by atoms with Crippen molar-refractivity contribution in [2.75, 3.05) is 14.2 Å². The fraction of sp³-hybridized carbons (Fsp3) is 0.238. The number of hydrogen-bond donors (Lipinski definition) is 0. The molecule has 3 rings (SSSR count). The van der Waals surface area contributed by atoms with Crippen molar-refractivity contribution in [1.82, 2.24) is 0 Å². The summed E-state index contributed by atoms with van der Waals surface area (Å²) in [5.41, 5.74) is 6.83. The lowest BCUT2D eigenvalue weighted by atomic mass is 10.0. The Bertz CT molecular complexity index is 855. The van der Waals surface area contributed by atoms with Gasteiger partial charge in [0.25, 0.3) is 0 Å². The number of hydrogen-bond acceptors (Lipinski definition) is 2. The zero-order valence-corrected chi connectivity index (χ0v) is 18.0. The molecule has 0 heterocycles. The molecule has 0 spiro atoms. The van der Waals surface area contributed by atoms with Gasteiger partial charge in [0.1, 0.15) is 11.5 Å². The number of benzene rings is 2. The van der Waals surface area contributed by atoms with E-state index in [-0.39, 0.29) is 23.7 Å². The highest BCUT2D eigenvalue weighted by Crippen LogP contribution is 2.51. The van der Waals surface area contributed by atoms with Crippen molar-refractivity contribution in [2.24, 2.45) is 0 Å². The fourth-order valence-corrected chi connectivity index (χ4v) is 8.81. The Balaban J connectivity index is 2.43. The zero-order chi connectivity index (χ0) is 18.2. The van der Waals surface area contributed by atoms with Crippen LogP contribution in [0.15, 0.2) is 24.3 Å². The molecule has 0 amide bonds. The summed E-state index contributed by atoms with van der Waals surface area (Å²) >= 11 is 0. The van der Waals surface area contributed by atoms with Gasteiger partial charge in [-0.15, -0.1) is 12.8 Å². The van der Waals surface area contributed by atoms with E-state index in [9.17, 15) is 0 Å². The Morgan fingerprint density at radius 3 is 1.48 bits per heavy atom. The van der Waals surface area contributed by atoms with Crippen LogP contribution < -0.4 is 9.47 Å². The van der Waals surface area contributed by atoms with Gasteiger partial charge in [-0.05, 0) is 51.2 Å². The van der Waals surface area contributed by atoms with Crippen molar-refractivity contribution >= 4 is 19.0 Å². The smallest absolute Gasteiger partial charge is 0.135 e. The van der Waals surface area contributed by atoms with Crippen LogP contribution in [-0.2, 0) is 4.66 Å². The minimum Gasteiger partial charge on any atom is -0.495 e. The van der Waals surface area contributed by atoms with Crippen LogP contribution >= 0.6 is 0 Å². The number of terminal acetylenes is 2.